The van der Waals surface area contributed by atoms with Gasteiger partial charge in [0.1, 0.15) is 6.61 Å². The van der Waals surface area contributed by atoms with Crippen LogP contribution in [0, 0.1) is 0 Å². The smallest absolute Gasteiger partial charge is 0.462 e. The van der Waals surface area contributed by atoms with Crippen LogP contribution in [0.4, 0.5) is 0 Å². The SMILES string of the molecule is CCCCC/C=C/C/C=C/C/C=C/C/C=C/CCCCCC(=O)OC[C@H](COP(=O)(O)O)OC(=O)CCCCCCCCCCCCCCCCCCC. The van der Waals surface area contributed by atoms with Gasteiger partial charge in [0, 0.05) is 12.8 Å². The van der Waals surface area contributed by atoms with Crippen LogP contribution in [-0.2, 0) is 28.2 Å². The summed E-state index contributed by atoms with van der Waals surface area (Å²) in [6.07, 6.45) is 49.7. The lowest BCUT2D eigenvalue weighted by Crippen LogP contribution is -2.29. The van der Waals surface area contributed by atoms with Crippen LogP contribution in [0.3, 0.4) is 0 Å². The number of phosphoric acid groups is 1. The summed E-state index contributed by atoms with van der Waals surface area (Å²) in [5.41, 5.74) is 0. The predicted octanol–water partition coefficient (Wildman–Crippen LogP) is 13.5. The highest BCUT2D eigenvalue weighted by Crippen LogP contribution is 2.36. The van der Waals surface area contributed by atoms with E-state index in [0.29, 0.717) is 12.8 Å². The molecule has 54 heavy (non-hydrogen) atoms. The highest BCUT2D eigenvalue weighted by molar-refractivity contribution is 7.46. The van der Waals surface area contributed by atoms with Crippen LogP contribution in [0.15, 0.2) is 48.6 Å². The van der Waals surface area contributed by atoms with Crippen molar-refractivity contribution >= 4 is 19.8 Å². The highest BCUT2D eigenvalue weighted by atomic mass is 31.2. The summed E-state index contributed by atoms with van der Waals surface area (Å²) in [4.78, 5) is 42.9. The summed E-state index contributed by atoms with van der Waals surface area (Å²) in [6, 6.07) is 0. The van der Waals surface area contributed by atoms with E-state index in [1.54, 1.807) is 0 Å². The van der Waals surface area contributed by atoms with Gasteiger partial charge in [-0.2, -0.15) is 0 Å². The molecule has 0 unspecified atom stereocenters. The minimum absolute atomic E-state index is 0.207. The van der Waals surface area contributed by atoms with Gasteiger partial charge in [-0.05, 0) is 57.8 Å². The molecule has 1 atom stereocenters. The van der Waals surface area contributed by atoms with Gasteiger partial charge in [-0.15, -0.1) is 0 Å². The number of carbonyl (C=O) groups is 2. The lowest BCUT2D eigenvalue weighted by Gasteiger charge is -2.18. The Kier molecular flexibility index (Phi) is 39.2. The van der Waals surface area contributed by atoms with Gasteiger partial charge in [0.15, 0.2) is 6.10 Å². The van der Waals surface area contributed by atoms with Gasteiger partial charge in [-0.1, -0.05) is 184 Å². The maximum Gasteiger partial charge on any atom is 0.469 e. The fraction of sp³-hybridized carbons (Fsp3) is 0.778. The van der Waals surface area contributed by atoms with E-state index in [9.17, 15) is 14.2 Å². The van der Waals surface area contributed by atoms with Crippen LogP contribution in [0.2, 0.25) is 0 Å². The summed E-state index contributed by atoms with van der Waals surface area (Å²) in [6.45, 7) is 3.65. The molecule has 0 rings (SSSR count). The minimum atomic E-state index is -4.76. The number of rotatable bonds is 40. The van der Waals surface area contributed by atoms with Crippen molar-refractivity contribution in [3.05, 3.63) is 48.6 Å². The van der Waals surface area contributed by atoms with E-state index >= 15 is 0 Å². The average molecular weight is 781 g/mol. The highest BCUT2D eigenvalue weighted by Gasteiger charge is 2.22. The maximum atomic E-state index is 12.4. The Morgan fingerprint density at radius 1 is 0.481 bits per heavy atom. The Morgan fingerprint density at radius 3 is 1.28 bits per heavy atom. The Bertz CT molecular complexity index is 1020. The lowest BCUT2D eigenvalue weighted by atomic mass is 10.0. The van der Waals surface area contributed by atoms with Crippen LogP contribution < -0.4 is 0 Å². The number of carbonyl (C=O) groups excluding carboxylic acids is 2. The van der Waals surface area contributed by atoms with Crippen molar-refractivity contribution in [2.24, 2.45) is 0 Å². The zero-order valence-electron chi connectivity index (χ0n) is 34.6. The molecule has 0 bridgehead atoms. The summed E-state index contributed by atoms with van der Waals surface area (Å²) in [5, 5.41) is 0. The third-order valence-electron chi connectivity index (χ3n) is 9.35. The third-order valence-corrected chi connectivity index (χ3v) is 9.84. The quantitative estimate of drug-likeness (QED) is 0.0273. The molecule has 0 amide bonds. The van der Waals surface area contributed by atoms with Crippen molar-refractivity contribution < 1.29 is 37.9 Å². The molecule has 0 fully saturated rings. The van der Waals surface area contributed by atoms with E-state index in [0.717, 1.165) is 57.8 Å². The number of phosphoric ester groups is 1. The van der Waals surface area contributed by atoms with E-state index in [1.165, 1.54) is 109 Å². The molecular weight excluding hydrogens is 699 g/mol. The molecular formula is C45H81O8P. The number of hydrogen-bond donors (Lipinski definition) is 2. The molecule has 0 spiro atoms. The van der Waals surface area contributed by atoms with Crippen LogP contribution in [0.25, 0.3) is 0 Å². The molecule has 8 nitrogen and oxygen atoms in total. The van der Waals surface area contributed by atoms with Crippen molar-refractivity contribution in [3.63, 3.8) is 0 Å². The first-order valence-corrected chi connectivity index (χ1v) is 23.5. The van der Waals surface area contributed by atoms with Crippen molar-refractivity contribution in [2.75, 3.05) is 13.2 Å². The molecule has 2 N–H and O–H groups in total. The van der Waals surface area contributed by atoms with Gasteiger partial charge >= 0.3 is 19.8 Å². The number of hydrogen-bond acceptors (Lipinski definition) is 6. The summed E-state index contributed by atoms with van der Waals surface area (Å²) in [7, 11) is -4.76. The van der Waals surface area contributed by atoms with Crippen LogP contribution in [0.1, 0.15) is 206 Å². The topological polar surface area (TPSA) is 119 Å². The van der Waals surface area contributed by atoms with Crippen LogP contribution in [0.5, 0.6) is 0 Å². The van der Waals surface area contributed by atoms with Gasteiger partial charge in [0.2, 0.25) is 0 Å². The molecule has 0 aliphatic carbocycles. The second-order valence-corrected chi connectivity index (χ2v) is 15.9. The van der Waals surface area contributed by atoms with E-state index in [2.05, 4.69) is 67.0 Å². The fourth-order valence-corrected chi connectivity index (χ4v) is 6.42. The zero-order valence-corrected chi connectivity index (χ0v) is 35.5. The van der Waals surface area contributed by atoms with Crippen molar-refractivity contribution in [1.29, 1.82) is 0 Å². The van der Waals surface area contributed by atoms with Gasteiger partial charge in [0.25, 0.3) is 0 Å². The summed E-state index contributed by atoms with van der Waals surface area (Å²) < 4.78 is 26.4. The van der Waals surface area contributed by atoms with Crippen molar-refractivity contribution in [2.45, 2.75) is 213 Å². The fourth-order valence-electron chi connectivity index (χ4n) is 6.06. The van der Waals surface area contributed by atoms with E-state index in [1.807, 2.05) is 0 Å². The Labute approximate surface area is 331 Å². The molecule has 0 aliphatic heterocycles. The van der Waals surface area contributed by atoms with Gasteiger partial charge in [-0.3, -0.25) is 14.1 Å². The zero-order chi connectivity index (χ0) is 39.6. The van der Waals surface area contributed by atoms with Crippen molar-refractivity contribution in [3.8, 4) is 0 Å². The molecule has 0 saturated carbocycles. The molecule has 314 valence electrons. The summed E-state index contributed by atoms with van der Waals surface area (Å²) >= 11 is 0. The first-order valence-electron chi connectivity index (χ1n) is 21.9. The van der Waals surface area contributed by atoms with E-state index < -0.39 is 32.5 Å². The normalized spacial score (nSPS) is 12.9. The first-order chi connectivity index (χ1) is 26.3. The molecule has 0 aromatic heterocycles. The molecule has 0 radical (unpaired) electrons. The lowest BCUT2D eigenvalue weighted by molar-refractivity contribution is -0.161. The first kappa shape index (κ1) is 52.0. The molecule has 0 heterocycles. The predicted molar refractivity (Wildman–Crippen MR) is 225 cm³/mol. The minimum Gasteiger partial charge on any atom is -0.462 e. The number of allylic oxidation sites excluding steroid dienone is 8. The molecule has 0 aromatic rings. The monoisotopic (exact) mass is 781 g/mol. The van der Waals surface area contributed by atoms with Gasteiger partial charge in [0.05, 0.1) is 6.61 Å². The molecule has 0 aliphatic rings. The number of unbranched alkanes of at least 4 members (excludes halogenated alkanes) is 22. The van der Waals surface area contributed by atoms with Gasteiger partial charge in [-0.25, -0.2) is 4.57 Å². The van der Waals surface area contributed by atoms with Crippen LogP contribution >= 0.6 is 7.82 Å². The Morgan fingerprint density at radius 2 is 0.833 bits per heavy atom. The molecule has 0 saturated heterocycles. The third kappa shape index (κ3) is 42.7. The average Bonchev–Trinajstić information content (AvgIpc) is 3.14. The Balaban J connectivity index is 3.95. The largest absolute Gasteiger partial charge is 0.469 e. The number of esters is 2. The van der Waals surface area contributed by atoms with Gasteiger partial charge < -0.3 is 19.3 Å². The second kappa shape index (κ2) is 40.7. The van der Waals surface area contributed by atoms with E-state index in [-0.39, 0.29) is 19.4 Å². The standard InChI is InChI=1S/C45H81O8P/c1-3-5-7-9-11-13-15-17-19-21-22-24-25-27-29-31-33-35-37-39-44(46)51-41-43(42-52-54(48,49)50)53-45(47)40-38-36-34-32-30-28-26-23-20-18-16-14-12-10-8-6-4-2/h11,13,17,19,22,24,27,29,43H,3-10,12,14-16,18,20-21,23,25-26,28,30-42H2,1-2H3,(H2,48,49,50)/b13-11+,19-17+,24-22+,29-27+/t43-/m1/s1. The Hall–Kier alpha value is -1.99. The summed E-state index contributed by atoms with van der Waals surface area (Å²) in [5.74, 6) is -0.915. The molecule has 0 aromatic carbocycles. The maximum absolute atomic E-state index is 12.4. The molecule has 9 heteroatoms. The number of ether oxygens (including phenoxy) is 2. The van der Waals surface area contributed by atoms with Crippen molar-refractivity contribution in [1.82, 2.24) is 0 Å². The van der Waals surface area contributed by atoms with E-state index in [4.69, 9.17) is 19.3 Å². The van der Waals surface area contributed by atoms with Crippen LogP contribution in [-0.4, -0.2) is 41.0 Å². The second-order valence-electron chi connectivity index (χ2n) is 14.7.